The average molecular weight is 261 g/mol. The molecule has 1 saturated heterocycles. The third kappa shape index (κ3) is 3.55. The molecule has 0 aliphatic carbocycles. The molecule has 0 amide bonds. The summed E-state index contributed by atoms with van der Waals surface area (Å²) in [6.45, 7) is 7.30. The molecular weight excluding hydrogens is 242 g/mol. The van der Waals surface area contributed by atoms with Crippen LogP contribution in [0.5, 0.6) is 0 Å². The zero-order chi connectivity index (χ0) is 12.8. The summed E-state index contributed by atoms with van der Waals surface area (Å²) in [5, 5.41) is 4.09. The van der Waals surface area contributed by atoms with Crippen molar-refractivity contribution < 1.29 is 0 Å². The van der Waals surface area contributed by atoms with Crippen molar-refractivity contribution in [3.8, 4) is 0 Å². The second-order valence-electron chi connectivity index (χ2n) is 4.42. The summed E-state index contributed by atoms with van der Waals surface area (Å²) in [6.07, 6.45) is 2.94. The maximum Gasteiger partial charge on any atom is 0.171 e. The zero-order valence-corrected chi connectivity index (χ0v) is 11.3. The highest BCUT2D eigenvalue weighted by Gasteiger charge is 2.18. The van der Waals surface area contributed by atoms with Crippen molar-refractivity contribution in [2.75, 3.05) is 26.4 Å². The number of rotatable bonds is 5. The Morgan fingerprint density at radius 3 is 2.83 bits per heavy atom. The average Bonchev–Trinajstić information content (AvgIpc) is 2.41. The van der Waals surface area contributed by atoms with Crippen LogP contribution in [0.1, 0.15) is 5.56 Å². The summed E-state index contributed by atoms with van der Waals surface area (Å²) in [4.78, 5) is 4.48. The summed E-state index contributed by atoms with van der Waals surface area (Å²) in [5.41, 5.74) is 1.35. The highest BCUT2D eigenvalue weighted by atomic mass is 32.1. The Morgan fingerprint density at radius 2 is 2.11 bits per heavy atom. The van der Waals surface area contributed by atoms with E-state index in [9.17, 15) is 0 Å². The van der Waals surface area contributed by atoms with Gasteiger partial charge in [-0.2, -0.15) is 0 Å². The van der Waals surface area contributed by atoms with E-state index in [1.165, 1.54) is 5.56 Å². The van der Waals surface area contributed by atoms with Crippen molar-refractivity contribution in [3.63, 3.8) is 0 Å². The van der Waals surface area contributed by atoms with Gasteiger partial charge in [-0.15, -0.1) is 6.58 Å². The molecular formula is C14H19N3S. The van der Waals surface area contributed by atoms with E-state index in [1.54, 1.807) is 0 Å². The van der Waals surface area contributed by atoms with Crippen LogP contribution in [0.15, 0.2) is 43.0 Å². The van der Waals surface area contributed by atoms with Crippen LogP contribution in [0.4, 0.5) is 0 Å². The molecule has 1 fully saturated rings. The van der Waals surface area contributed by atoms with E-state index in [0.29, 0.717) is 0 Å². The predicted molar refractivity (Wildman–Crippen MR) is 79.2 cm³/mol. The Balaban J connectivity index is 1.87. The topological polar surface area (TPSA) is 18.5 Å². The molecule has 2 rings (SSSR count). The van der Waals surface area contributed by atoms with Crippen LogP contribution >= 0.6 is 12.2 Å². The molecule has 4 heteroatoms. The van der Waals surface area contributed by atoms with Gasteiger partial charge in [0, 0.05) is 13.1 Å². The van der Waals surface area contributed by atoms with Gasteiger partial charge in [0.2, 0.25) is 0 Å². The summed E-state index contributed by atoms with van der Waals surface area (Å²) in [6, 6.07) is 10.5. The van der Waals surface area contributed by atoms with Crippen LogP contribution in [0, 0.1) is 0 Å². The lowest BCUT2D eigenvalue weighted by atomic mass is 10.1. The van der Waals surface area contributed by atoms with E-state index >= 15 is 0 Å². The molecule has 96 valence electrons. The maximum atomic E-state index is 5.34. The molecule has 1 aromatic rings. The summed E-state index contributed by atoms with van der Waals surface area (Å²) < 4.78 is 0. The minimum absolute atomic E-state index is 0.812. The Labute approximate surface area is 114 Å². The van der Waals surface area contributed by atoms with E-state index in [2.05, 4.69) is 46.0 Å². The van der Waals surface area contributed by atoms with E-state index < -0.39 is 0 Å². The first-order chi connectivity index (χ1) is 8.79. The first-order valence-corrected chi connectivity index (χ1v) is 6.60. The van der Waals surface area contributed by atoms with Crippen molar-refractivity contribution in [2.45, 2.75) is 6.42 Å². The number of hydrogen-bond acceptors (Lipinski definition) is 2. The molecule has 0 saturated carbocycles. The lowest BCUT2D eigenvalue weighted by molar-refractivity contribution is 0.169. The third-order valence-corrected chi connectivity index (χ3v) is 3.41. The maximum absolute atomic E-state index is 5.34. The standard InChI is InChI=1S/C14H19N3S/c1-2-9-16-11-15-14(18)17(12-16)10-8-13-6-4-3-5-7-13/h2-7H,1,8-12H2,(H,15,18). The third-order valence-electron chi connectivity index (χ3n) is 3.01. The molecule has 0 aromatic heterocycles. The number of hydrogen-bond donors (Lipinski definition) is 1. The normalized spacial score (nSPS) is 16.4. The lowest BCUT2D eigenvalue weighted by Gasteiger charge is -2.37. The summed E-state index contributed by atoms with van der Waals surface area (Å²) >= 11 is 5.34. The van der Waals surface area contributed by atoms with Crippen molar-refractivity contribution in [1.82, 2.24) is 15.1 Å². The Kier molecular flexibility index (Phi) is 4.73. The van der Waals surface area contributed by atoms with Gasteiger partial charge in [-0.3, -0.25) is 4.90 Å². The molecule has 0 spiro atoms. The van der Waals surface area contributed by atoms with Crippen molar-refractivity contribution in [3.05, 3.63) is 48.6 Å². The van der Waals surface area contributed by atoms with E-state index in [-0.39, 0.29) is 0 Å². The fourth-order valence-corrected chi connectivity index (χ4v) is 2.25. The van der Waals surface area contributed by atoms with Gasteiger partial charge in [-0.05, 0) is 24.2 Å². The smallest absolute Gasteiger partial charge is 0.171 e. The van der Waals surface area contributed by atoms with Gasteiger partial charge >= 0.3 is 0 Å². The number of nitrogens with zero attached hydrogens (tertiary/aromatic N) is 2. The van der Waals surface area contributed by atoms with Gasteiger partial charge in [0.15, 0.2) is 5.11 Å². The van der Waals surface area contributed by atoms with Crippen molar-refractivity contribution in [2.24, 2.45) is 0 Å². The molecule has 0 unspecified atom stereocenters. The van der Waals surface area contributed by atoms with E-state index in [0.717, 1.165) is 38.0 Å². The fourth-order valence-electron chi connectivity index (χ4n) is 2.03. The SMILES string of the molecule is C=CCN1CNC(=S)N(CCc2ccccc2)C1. The lowest BCUT2D eigenvalue weighted by Crippen LogP contribution is -2.56. The molecule has 0 bridgehead atoms. The molecule has 3 nitrogen and oxygen atoms in total. The quantitative estimate of drug-likeness (QED) is 0.643. The van der Waals surface area contributed by atoms with Gasteiger partial charge in [0.05, 0.1) is 13.3 Å². The second kappa shape index (κ2) is 6.52. The minimum Gasteiger partial charge on any atom is -0.350 e. The monoisotopic (exact) mass is 261 g/mol. The first-order valence-electron chi connectivity index (χ1n) is 6.19. The van der Waals surface area contributed by atoms with Gasteiger partial charge in [-0.25, -0.2) is 0 Å². The van der Waals surface area contributed by atoms with Gasteiger partial charge in [0.1, 0.15) is 0 Å². The van der Waals surface area contributed by atoms with Crippen LogP contribution in [0.3, 0.4) is 0 Å². The summed E-state index contributed by atoms with van der Waals surface area (Å²) in [5.74, 6) is 0. The highest BCUT2D eigenvalue weighted by molar-refractivity contribution is 7.80. The molecule has 1 N–H and O–H groups in total. The highest BCUT2D eigenvalue weighted by Crippen LogP contribution is 2.05. The molecule has 18 heavy (non-hydrogen) atoms. The van der Waals surface area contributed by atoms with Crippen LogP contribution in [0.25, 0.3) is 0 Å². The van der Waals surface area contributed by atoms with Gasteiger partial charge in [-0.1, -0.05) is 36.4 Å². The van der Waals surface area contributed by atoms with E-state index in [4.69, 9.17) is 12.2 Å². The van der Waals surface area contributed by atoms with Crippen LogP contribution < -0.4 is 5.32 Å². The molecule has 1 aliphatic heterocycles. The number of nitrogens with one attached hydrogen (secondary N) is 1. The van der Waals surface area contributed by atoms with Crippen LogP contribution in [-0.2, 0) is 6.42 Å². The summed E-state index contributed by atoms with van der Waals surface area (Å²) in [7, 11) is 0. The zero-order valence-electron chi connectivity index (χ0n) is 10.5. The van der Waals surface area contributed by atoms with Crippen LogP contribution in [-0.4, -0.2) is 41.3 Å². The Morgan fingerprint density at radius 1 is 1.33 bits per heavy atom. The largest absolute Gasteiger partial charge is 0.350 e. The molecule has 0 radical (unpaired) electrons. The van der Waals surface area contributed by atoms with Crippen molar-refractivity contribution >= 4 is 17.3 Å². The van der Waals surface area contributed by atoms with Gasteiger partial charge < -0.3 is 10.2 Å². The number of thiocarbonyl (C=S) groups is 1. The van der Waals surface area contributed by atoms with E-state index in [1.807, 2.05) is 12.1 Å². The Hall–Kier alpha value is -1.39. The van der Waals surface area contributed by atoms with Crippen molar-refractivity contribution in [1.29, 1.82) is 0 Å². The molecule has 1 aromatic carbocycles. The molecule has 0 atom stereocenters. The van der Waals surface area contributed by atoms with Gasteiger partial charge in [0.25, 0.3) is 0 Å². The minimum atomic E-state index is 0.812. The van der Waals surface area contributed by atoms with Crippen LogP contribution in [0.2, 0.25) is 0 Å². The molecule has 1 heterocycles. The Bertz CT molecular complexity index is 405. The predicted octanol–water partition coefficient (Wildman–Crippen LogP) is 1.82. The number of benzene rings is 1. The second-order valence-corrected chi connectivity index (χ2v) is 4.81. The first kappa shape index (κ1) is 13.1. The fraction of sp³-hybridized carbons (Fsp3) is 0.357. The molecule has 1 aliphatic rings.